The molecule has 0 spiro atoms. The van der Waals surface area contributed by atoms with Gasteiger partial charge in [0.25, 0.3) is 0 Å². The molecule has 1 nitrogen and oxygen atoms in total. The van der Waals surface area contributed by atoms with Crippen molar-refractivity contribution in [2.45, 2.75) is 17.9 Å². The summed E-state index contributed by atoms with van der Waals surface area (Å²) < 4.78 is 26.5. The average Bonchev–Trinajstić information content (AvgIpc) is 2.04. The molecule has 0 heterocycles. The second-order valence-electron chi connectivity index (χ2n) is 2.77. The number of nitrogens with two attached hydrogens (primary N) is 1. The van der Waals surface area contributed by atoms with Gasteiger partial charge in [0.15, 0.2) is 0 Å². The van der Waals surface area contributed by atoms with Crippen LogP contribution in [0.2, 0.25) is 0 Å². The summed E-state index contributed by atoms with van der Waals surface area (Å²) in [6.45, 7) is 1.56. The van der Waals surface area contributed by atoms with Crippen LogP contribution in [0.1, 0.15) is 18.5 Å². The van der Waals surface area contributed by atoms with Gasteiger partial charge < -0.3 is 5.73 Å². The third-order valence-electron chi connectivity index (χ3n) is 1.77. The molecule has 1 atom stereocenters. The maximum Gasteiger partial charge on any atom is 0.144 e. The van der Waals surface area contributed by atoms with Gasteiger partial charge in [-0.3, -0.25) is 0 Å². The van der Waals surface area contributed by atoms with E-state index in [0.29, 0.717) is 4.90 Å². The highest BCUT2D eigenvalue weighted by molar-refractivity contribution is 7.98. The van der Waals surface area contributed by atoms with Crippen molar-refractivity contribution in [1.29, 1.82) is 0 Å². The number of benzene rings is 1. The fourth-order valence-electron chi connectivity index (χ4n) is 1.12. The van der Waals surface area contributed by atoms with Crippen LogP contribution >= 0.6 is 11.8 Å². The number of hydrogen-bond acceptors (Lipinski definition) is 2. The number of hydrogen-bond donors (Lipinski definition) is 1. The molecule has 4 heteroatoms. The van der Waals surface area contributed by atoms with Crippen molar-refractivity contribution >= 4 is 11.8 Å². The van der Waals surface area contributed by atoms with Crippen LogP contribution in [-0.2, 0) is 0 Å². The molecule has 0 fully saturated rings. The molecule has 1 aromatic carbocycles. The summed E-state index contributed by atoms with van der Waals surface area (Å²) >= 11 is 1.24. The van der Waals surface area contributed by atoms with Crippen LogP contribution in [0.5, 0.6) is 0 Å². The van der Waals surface area contributed by atoms with E-state index < -0.39 is 17.7 Å². The molecule has 0 saturated heterocycles. The number of rotatable bonds is 2. The number of thioether (sulfide) groups is 1. The fourth-order valence-corrected chi connectivity index (χ4v) is 1.62. The Kier molecular flexibility index (Phi) is 3.27. The summed E-state index contributed by atoms with van der Waals surface area (Å²) in [5.74, 6) is -1.12. The molecule has 1 aromatic rings. The molecule has 1 rings (SSSR count). The molecule has 2 N–H and O–H groups in total. The van der Waals surface area contributed by atoms with Crippen molar-refractivity contribution in [2.24, 2.45) is 5.73 Å². The Morgan fingerprint density at radius 2 is 2.00 bits per heavy atom. The Balaban J connectivity index is 3.30. The minimum absolute atomic E-state index is 0.0353. The Morgan fingerprint density at radius 1 is 1.38 bits per heavy atom. The highest BCUT2D eigenvalue weighted by Gasteiger charge is 2.15. The summed E-state index contributed by atoms with van der Waals surface area (Å²) in [7, 11) is 0. The lowest BCUT2D eigenvalue weighted by molar-refractivity contribution is 0.521. The molecule has 0 aliphatic heterocycles. The molecule has 72 valence electrons. The Bertz CT molecular complexity index is 313. The normalized spacial score (nSPS) is 13.0. The summed E-state index contributed by atoms with van der Waals surface area (Å²) in [6.07, 6.45) is 1.74. The molecule has 13 heavy (non-hydrogen) atoms. The monoisotopic (exact) mass is 203 g/mol. The van der Waals surface area contributed by atoms with Crippen LogP contribution < -0.4 is 5.73 Å². The summed E-state index contributed by atoms with van der Waals surface area (Å²) in [4.78, 5) is 0.425. The van der Waals surface area contributed by atoms with Gasteiger partial charge in [0.05, 0.1) is 0 Å². The van der Waals surface area contributed by atoms with E-state index in [2.05, 4.69) is 0 Å². The summed E-state index contributed by atoms with van der Waals surface area (Å²) in [5, 5.41) is 0. The Labute approximate surface area is 80.3 Å². The van der Waals surface area contributed by atoms with Crippen LogP contribution in [0, 0.1) is 11.6 Å². The highest BCUT2D eigenvalue weighted by atomic mass is 32.2. The SMILES string of the molecule is CSc1ccc(F)c(C(C)N)c1F. The van der Waals surface area contributed by atoms with E-state index in [1.165, 1.54) is 23.9 Å². The zero-order valence-corrected chi connectivity index (χ0v) is 8.29. The van der Waals surface area contributed by atoms with Gasteiger partial charge >= 0.3 is 0 Å². The lowest BCUT2D eigenvalue weighted by Gasteiger charge is -2.10. The van der Waals surface area contributed by atoms with Crippen LogP contribution in [0.25, 0.3) is 0 Å². The molecular formula is C9H11F2NS. The summed E-state index contributed by atoms with van der Waals surface area (Å²) in [6, 6.07) is 2.04. The van der Waals surface area contributed by atoms with E-state index in [0.717, 1.165) is 0 Å². The van der Waals surface area contributed by atoms with Gasteiger partial charge in [0.1, 0.15) is 11.6 Å². The van der Waals surface area contributed by atoms with E-state index >= 15 is 0 Å². The van der Waals surface area contributed by atoms with Gasteiger partial charge in [-0.05, 0) is 25.3 Å². The summed E-state index contributed by atoms with van der Waals surface area (Å²) in [5.41, 5.74) is 5.41. The first-order chi connectivity index (χ1) is 6.07. The highest BCUT2D eigenvalue weighted by Crippen LogP contribution is 2.27. The van der Waals surface area contributed by atoms with Gasteiger partial charge in [-0.1, -0.05) is 0 Å². The van der Waals surface area contributed by atoms with Crippen molar-refractivity contribution in [2.75, 3.05) is 6.26 Å². The molecule has 0 aliphatic carbocycles. The van der Waals surface area contributed by atoms with Gasteiger partial charge in [-0.25, -0.2) is 8.78 Å². The zero-order valence-electron chi connectivity index (χ0n) is 7.47. The third-order valence-corrected chi connectivity index (χ3v) is 2.52. The predicted molar refractivity (Wildman–Crippen MR) is 50.7 cm³/mol. The maximum absolute atomic E-state index is 13.4. The van der Waals surface area contributed by atoms with Crippen LogP contribution in [0.4, 0.5) is 8.78 Å². The van der Waals surface area contributed by atoms with Crippen molar-refractivity contribution in [3.8, 4) is 0 Å². The minimum atomic E-state index is -0.618. The van der Waals surface area contributed by atoms with Crippen LogP contribution in [0.3, 0.4) is 0 Å². The van der Waals surface area contributed by atoms with Crippen molar-refractivity contribution in [1.82, 2.24) is 0 Å². The average molecular weight is 203 g/mol. The third kappa shape index (κ3) is 2.00. The van der Waals surface area contributed by atoms with Gasteiger partial charge in [0, 0.05) is 16.5 Å². The first kappa shape index (κ1) is 10.5. The van der Waals surface area contributed by atoms with E-state index in [9.17, 15) is 8.78 Å². The molecule has 0 amide bonds. The molecule has 0 bridgehead atoms. The molecule has 0 aromatic heterocycles. The molecule has 0 saturated carbocycles. The number of halogens is 2. The smallest absolute Gasteiger partial charge is 0.144 e. The first-order valence-corrected chi connectivity index (χ1v) is 5.08. The lowest BCUT2D eigenvalue weighted by Crippen LogP contribution is -2.10. The van der Waals surface area contributed by atoms with Gasteiger partial charge in [-0.2, -0.15) is 0 Å². The van der Waals surface area contributed by atoms with E-state index in [1.807, 2.05) is 0 Å². The quantitative estimate of drug-likeness (QED) is 0.748. The van der Waals surface area contributed by atoms with Gasteiger partial charge in [-0.15, -0.1) is 11.8 Å². The van der Waals surface area contributed by atoms with Crippen molar-refractivity contribution in [3.05, 3.63) is 29.3 Å². The molecule has 0 aliphatic rings. The van der Waals surface area contributed by atoms with Gasteiger partial charge in [0.2, 0.25) is 0 Å². The largest absolute Gasteiger partial charge is 0.324 e. The van der Waals surface area contributed by atoms with Crippen LogP contribution in [0.15, 0.2) is 17.0 Å². The predicted octanol–water partition coefficient (Wildman–Crippen LogP) is 2.71. The second kappa shape index (κ2) is 4.07. The fraction of sp³-hybridized carbons (Fsp3) is 0.333. The van der Waals surface area contributed by atoms with Crippen molar-refractivity contribution < 1.29 is 8.78 Å². The standard InChI is InChI=1S/C9H11F2NS/c1-5(12)8-6(10)3-4-7(13-2)9(8)11/h3-5H,12H2,1-2H3. The Hall–Kier alpha value is -0.610. The van der Waals surface area contributed by atoms with Crippen LogP contribution in [-0.4, -0.2) is 6.26 Å². The lowest BCUT2D eigenvalue weighted by atomic mass is 10.1. The minimum Gasteiger partial charge on any atom is -0.324 e. The Morgan fingerprint density at radius 3 is 2.46 bits per heavy atom. The first-order valence-electron chi connectivity index (χ1n) is 3.85. The van der Waals surface area contributed by atoms with E-state index in [4.69, 9.17) is 5.73 Å². The topological polar surface area (TPSA) is 26.0 Å². The molecular weight excluding hydrogens is 192 g/mol. The van der Waals surface area contributed by atoms with E-state index in [-0.39, 0.29) is 5.56 Å². The second-order valence-corrected chi connectivity index (χ2v) is 3.61. The molecule has 1 unspecified atom stereocenters. The van der Waals surface area contributed by atoms with E-state index in [1.54, 1.807) is 13.2 Å². The zero-order chi connectivity index (χ0) is 10.0. The van der Waals surface area contributed by atoms with Crippen molar-refractivity contribution in [3.63, 3.8) is 0 Å². The molecule has 0 radical (unpaired) electrons. The maximum atomic E-state index is 13.4.